The average Bonchev–Trinajstić information content (AvgIpc) is 3.34. The van der Waals surface area contributed by atoms with Crippen LogP contribution in [0.2, 0.25) is 0 Å². The number of fused-ring (bicyclic) bond motifs is 2. The second-order valence-corrected chi connectivity index (χ2v) is 8.17. The number of carbonyl (C=O) groups is 1. The second-order valence-electron chi connectivity index (χ2n) is 8.17. The lowest BCUT2D eigenvalue weighted by Crippen LogP contribution is -2.41. The third-order valence-electron chi connectivity index (χ3n) is 6.13. The molecule has 3 aromatic rings. The molecule has 0 N–H and O–H groups in total. The Bertz CT molecular complexity index is 1050. The normalized spacial score (nSPS) is 20.2. The summed E-state index contributed by atoms with van der Waals surface area (Å²) in [6.07, 6.45) is 6.08. The van der Waals surface area contributed by atoms with Crippen molar-refractivity contribution in [2.24, 2.45) is 0 Å². The van der Waals surface area contributed by atoms with E-state index >= 15 is 0 Å². The van der Waals surface area contributed by atoms with E-state index in [1.54, 1.807) is 6.20 Å². The van der Waals surface area contributed by atoms with Crippen LogP contribution in [-0.2, 0) is 22.5 Å². The summed E-state index contributed by atoms with van der Waals surface area (Å²) in [7, 11) is 0. The average molecular weight is 394 g/mol. The highest BCUT2D eigenvalue weighted by Gasteiger charge is 2.32. The zero-order valence-corrected chi connectivity index (χ0v) is 16.9. The van der Waals surface area contributed by atoms with Crippen molar-refractivity contribution in [3.63, 3.8) is 0 Å². The number of hydrogen-bond acceptors (Lipinski definition) is 5. The summed E-state index contributed by atoms with van der Waals surface area (Å²) in [5.41, 5.74) is 2.92. The lowest BCUT2D eigenvalue weighted by atomic mass is 9.99. The molecule has 152 valence electrons. The van der Waals surface area contributed by atoms with Crippen molar-refractivity contribution >= 4 is 11.6 Å². The van der Waals surface area contributed by atoms with Gasteiger partial charge < -0.3 is 18.6 Å². The summed E-state index contributed by atoms with van der Waals surface area (Å²) in [4.78, 5) is 19.4. The molecule has 8 heteroatoms. The van der Waals surface area contributed by atoms with E-state index in [9.17, 15) is 4.79 Å². The van der Waals surface area contributed by atoms with E-state index in [0.717, 1.165) is 54.6 Å². The lowest BCUT2D eigenvalue weighted by molar-refractivity contribution is -0.132. The number of amides is 1. The Hall–Kier alpha value is -2.74. The topological polar surface area (TPSA) is 77.5 Å². The molecule has 5 heterocycles. The third-order valence-corrected chi connectivity index (χ3v) is 6.13. The van der Waals surface area contributed by atoms with E-state index < -0.39 is 0 Å². The molecular weight excluding hydrogens is 368 g/mol. The van der Waals surface area contributed by atoms with Crippen molar-refractivity contribution in [1.29, 1.82) is 0 Å². The molecule has 2 aliphatic rings. The lowest BCUT2D eigenvalue weighted by Gasteiger charge is -2.34. The molecule has 0 radical (unpaired) electrons. The summed E-state index contributed by atoms with van der Waals surface area (Å²) >= 11 is 0. The first-order chi connectivity index (χ1) is 14.1. The summed E-state index contributed by atoms with van der Waals surface area (Å²) in [5, 5.41) is 8.93. The van der Waals surface area contributed by atoms with Gasteiger partial charge in [-0.15, -0.1) is 10.2 Å². The van der Waals surface area contributed by atoms with Gasteiger partial charge in [0, 0.05) is 38.1 Å². The zero-order valence-electron chi connectivity index (χ0n) is 16.9. The maximum Gasteiger partial charge on any atom is 0.229 e. The van der Waals surface area contributed by atoms with E-state index in [4.69, 9.17) is 4.74 Å². The Morgan fingerprint density at radius 1 is 1.28 bits per heavy atom. The third kappa shape index (κ3) is 3.21. The number of pyridine rings is 1. The standard InChI is InChI=1S/C21H26N6O2/c1-14-4-3-7-26-17(11-22-20(14)26)10-19(28)25-12-15(2)27-18(13-25)23-24-21(27)16-5-8-29-9-6-16/h3-4,7,11,15-16H,5-6,8-10,12-13H2,1-2H3/t15-/m0/s1. The fraction of sp³-hybridized carbons (Fsp3) is 0.524. The van der Waals surface area contributed by atoms with Gasteiger partial charge in [-0.3, -0.25) is 4.79 Å². The van der Waals surface area contributed by atoms with Crippen LogP contribution in [0.5, 0.6) is 0 Å². The molecule has 1 amide bonds. The Balaban J connectivity index is 1.35. The number of carbonyl (C=O) groups excluding carboxylic acids is 1. The minimum absolute atomic E-state index is 0.0991. The van der Waals surface area contributed by atoms with Crippen molar-refractivity contribution in [3.8, 4) is 0 Å². The largest absolute Gasteiger partial charge is 0.381 e. The number of imidazole rings is 1. The number of rotatable bonds is 3. The molecule has 0 aliphatic carbocycles. The number of aryl methyl sites for hydroxylation is 1. The first kappa shape index (κ1) is 18.3. The van der Waals surface area contributed by atoms with Crippen molar-refractivity contribution in [1.82, 2.24) is 29.0 Å². The van der Waals surface area contributed by atoms with Gasteiger partial charge in [-0.2, -0.15) is 0 Å². The van der Waals surface area contributed by atoms with Gasteiger partial charge in [0.05, 0.1) is 24.7 Å². The summed E-state index contributed by atoms with van der Waals surface area (Å²) < 4.78 is 9.74. The quantitative estimate of drug-likeness (QED) is 0.681. The van der Waals surface area contributed by atoms with Crippen LogP contribution >= 0.6 is 0 Å². The van der Waals surface area contributed by atoms with Gasteiger partial charge in [-0.05, 0) is 38.3 Å². The maximum atomic E-state index is 13.1. The maximum absolute atomic E-state index is 13.1. The zero-order chi connectivity index (χ0) is 20.0. The molecule has 1 atom stereocenters. The van der Waals surface area contributed by atoms with E-state index in [-0.39, 0.29) is 11.9 Å². The van der Waals surface area contributed by atoms with Crippen molar-refractivity contribution in [2.75, 3.05) is 19.8 Å². The smallest absolute Gasteiger partial charge is 0.229 e. The predicted octanol–water partition coefficient (Wildman–Crippen LogP) is 2.27. The summed E-state index contributed by atoms with van der Waals surface area (Å²) in [6.45, 7) is 6.93. The highest BCUT2D eigenvalue weighted by molar-refractivity contribution is 5.78. The molecule has 0 bridgehead atoms. The molecular formula is C21H26N6O2. The molecule has 0 unspecified atom stereocenters. The van der Waals surface area contributed by atoms with Crippen LogP contribution in [0.3, 0.4) is 0 Å². The van der Waals surface area contributed by atoms with E-state index in [0.29, 0.717) is 25.4 Å². The van der Waals surface area contributed by atoms with Gasteiger partial charge in [-0.1, -0.05) is 6.07 Å². The van der Waals surface area contributed by atoms with Gasteiger partial charge in [0.15, 0.2) is 5.82 Å². The van der Waals surface area contributed by atoms with Crippen LogP contribution in [0.4, 0.5) is 0 Å². The second kappa shape index (κ2) is 7.26. The van der Waals surface area contributed by atoms with E-state index in [2.05, 4.69) is 26.7 Å². The fourth-order valence-corrected chi connectivity index (χ4v) is 4.59. The van der Waals surface area contributed by atoms with Crippen molar-refractivity contribution < 1.29 is 9.53 Å². The van der Waals surface area contributed by atoms with Gasteiger partial charge in [0.2, 0.25) is 5.91 Å². The first-order valence-corrected chi connectivity index (χ1v) is 10.3. The Kier molecular flexibility index (Phi) is 4.58. The molecule has 0 aromatic carbocycles. The Labute approximate surface area is 169 Å². The van der Waals surface area contributed by atoms with E-state index in [1.807, 2.05) is 34.6 Å². The molecule has 5 rings (SSSR count). The minimum atomic E-state index is 0.0991. The van der Waals surface area contributed by atoms with Crippen LogP contribution in [0, 0.1) is 6.92 Å². The first-order valence-electron chi connectivity index (χ1n) is 10.3. The molecule has 3 aromatic heterocycles. The molecule has 0 saturated carbocycles. The SMILES string of the molecule is Cc1cccn2c(CC(=O)N3Cc4nnc(C5CCOCC5)n4[C@@H](C)C3)cnc12. The summed E-state index contributed by atoms with van der Waals surface area (Å²) in [6, 6.07) is 4.18. The monoisotopic (exact) mass is 394 g/mol. The molecule has 1 fully saturated rings. The number of aromatic nitrogens is 5. The number of ether oxygens (including phenoxy) is 1. The number of nitrogens with zero attached hydrogens (tertiary/aromatic N) is 6. The predicted molar refractivity (Wildman–Crippen MR) is 107 cm³/mol. The van der Waals surface area contributed by atoms with Gasteiger partial charge in [-0.25, -0.2) is 4.98 Å². The molecule has 0 spiro atoms. The van der Waals surface area contributed by atoms with Gasteiger partial charge >= 0.3 is 0 Å². The number of hydrogen-bond donors (Lipinski definition) is 0. The highest BCUT2D eigenvalue weighted by Crippen LogP contribution is 2.31. The highest BCUT2D eigenvalue weighted by atomic mass is 16.5. The van der Waals surface area contributed by atoms with Crippen molar-refractivity contribution in [2.45, 2.75) is 51.6 Å². The Morgan fingerprint density at radius 2 is 2.10 bits per heavy atom. The van der Waals surface area contributed by atoms with Crippen LogP contribution < -0.4 is 0 Å². The Morgan fingerprint density at radius 3 is 2.93 bits per heavy atom. The van der Waals surface area contributed by atoms with Crippen LogP contribution in [0.1, 0.15) is 54.6 Å². The van der Waals surface area contributed by atoms with Crippen LogP contribution in [0.25, 0.3) is 5.65 Å². The van der Waals surface area contributed by atoms with Crippen LogP contribution in [0.15, 0.2) is 24.5 Å². The van der Waals surface area contributed by atoms with Gasteiger partial charge in [0.1, 0.15) is 11.5 Å². The molecule has 2 aliphatic heterocycles. The minimum Gasteiger partial charge on any atom is -0.381 e. The fourth-order valence-electron chi connectivity index (χ4n) is 4.59. The molecule has 8 nitrogen and oxygen atoms in total. The molecule has 29 heavy (non-hydrogen) atoms. The van der Waals surface area contributed by atoms with E-state index in [1.165, 1.54) is 0 Å². The van der Waals surface area contributed by atoms with Gasteiger partial charge in [0.25, 0.3) is 0 Å². The van der Waals surface area contributed by atoms with Crippen molar-refractivity contribution in [3.05, 3.63) is 47.4 Å². The van der Waals surface area contributed by atoms with Crippen LogP contribution in [-0.4, -0.2) is 54.7 Å². The molecule has 1 saturated heterocycles. The summed E-state index contributed by atoms with van der Waals surface area (Å²) in [5.74, 6) is 2.44.